The molecule has 0 saturated heterocycles. The molecule has 0 saturated carbocycles. The lowest BCUT2D eigenvalue weighted by atomic mass is 10.2. The second-order valence-corrected chi connectivity index (χ2v) is 12.9. The molecule has 0 spiro atoms. The molecule has 0 fully saturated rings. The average Bonchev–Trinajstić information content (AvgIpc) is 2.43. The Morgan fingerprint density at radius 1 is 1.05 bits per heavy atom. The molecule has 1 rings (SSSR count). The Kier molecular flexibility index (Phi) is 6.68. The summed E-state index contributed by atoms with van der Waals surface area (Å²) in [4.78, 5) is 11.5. The van der Waals surface area contributed by atoms with E-state index in [1.54, 1.807) is 13.2 Å². The first-order chi connectivity index (χ1) is 10.2. The van der Waals surface area contributed by atoms with Crippen molar-refractivity contribution in [3.8, 4) is 11.5 Å². The Labute approximate surface area is 143 Å². The van der Waals surface area contributed by atoms with Crippen LogP contribution in [0.1, 0.15) is 51.9 Å². The van der Waals surface area contributed by atoms with Crippen LogP contribution in [0.5, 0.6) is 11.5 Å². The van der Waals surface area contributed by atoms with E-state index in [9.17, 15) is 4.79 Å². The van der Waals surface area contributed by atoms with Crippen LogP contribution < -0.4 is 9.16 Å². The quantitative estimate of drug-likeness (QED) is 0.437. The standard InChI is InChI=1S/C17H27BrO3Si/c1-11(2)22(12(3)4,13(5)6)21-17-14(10-19)8-15(18)9-16(17)20-7/h8-13H,1-7H3. The molecule has 3 nitrogen and oxygen atoms in total. The van der Waals surface area contributed by atoms with Crippen molar-refractivity contribution in [2.45, 2.75) is 58.2 Å². The summed E-state index contributed by atoms with van der Waals surface area (Å²) in [6.07, 6.45) is 0.836. The van der Waals surface area contributed by atoms with E-state index in [4.69, 9.17) is 9.16 Å². The minimum atomic E-state index is -2.14. The highest BCUT2D eigenvalue weighted by Crippen LogP contribution is 2.46. The van der Waals surface area contributed by atoms with Crippen LogP contribution in [0.15, 0.2) is 16.6 Å². The van der Waals surface area contributed by atoms with Crippen molar-refractivity contribution in [2.75, 3.05) is 7.11 Å². The van der Waals surface area contributed by atoms with Gasteiger partial charge in [-0.3, -0.25) is 4.79 Å². The fraction of sp³-hybridized carbons (Fsp3) is 0.588. The molecule has 0 amide bonds. The van der Waals surface area contributed by atoms with Crippen LogP contribution in [0.4, 0.5) is 0 Å². The molecule has 0 bridgehead atoms. The first-order valence-corrected chi connectivity index (χ1v) is 10.7. The number of hydrogen-bond donors (Lipinski definition) is 0. The van der Waals surface area contributed by atoms with Crippen molar-refractivity contribution in [2.24, 2.45) is 0 Å². The van der Waals surface area contributed by atoms with Gasteiger partial charge in [-0.2, -0.15) is 0 Å². The van der Waals surface area contributed by atoms with Crippen LogP contribution in [0.2, 0.25) is 16.6 Å². The SMILES string of the molecule is COc1cc(Br)cc(C=O)c1O[Si](C(C)C)(C(C)C)C(C)C. The molecule has 0 aromatic heterocycles. The summed E-state index contributed by atoms with van der Waals surface area (Å²) in [6.45, 7) is 13.3. The van der Waals surface area contributed by atoms with Gasteiger partial charge >= 0.3 is 0 Å². The summed E-state index contributed by atoms with van der Waals surface area (Å²) in [7, 11) is -0.532. The Bertz CT molecular complexity index is 505. The molecular formula is C17H27BrO3Si. The molecule has 0 atom stereocenters. The van der Waals surface area contributed by atoms with Gasteiger partial charge in [-0.05, 0) is 28.8 Å². The molecule has 0 N–H and O–H groups in total. The smallest absolute Gasteiger partial charge is 0.258 e. The van der Waals surface area contributed by atoms with E-state index >= 15 is 0 Å². The van der Waals surface area contributed by atoms with Gasteiger partial charge in [0.05, 0.1) is 12.7 Å². The maximum atomic E-state index is 11.5. The van der Waals surface area contributed by atoms with Gasteiger partial charge in [-0.1, -0.05) is 57.5 Å². The van der Waals surface area contributed by atoms with Crippen LogP contribution in [-0.4, -0.2) is 21.7 Å². The van der Waals surface area contributed by atoms with E-state index in [-0.39, 0.29) is 0 Å². The Hall–Kier alpha value is -0.813. The molecule has 0 aliphatic rings. The maximum Gasteiger partial charge on any atom is 0.258 e. The minimum absolute atomic E-state index is 0.431. The van der Waals surface area contributed by atoms with Gasteiger partial charge in [-0.25, -0.2) is 0 Å². The lowest BCUT2D eigenvalue weighted by Gasteiger charge is -2.42. The summed E-state index contributed by atoms with van der Waals surface area (Å²) in [5.41, 5.74) is 1.83. The second kappa shape index (κ2) is 7.64. The fourth-order valence-electron chi connectivity index (χ4n) is 3.47. The summed E-state index contributed by atoms with van der Waals surface area (Å²) < 4.78 is 12.9. The zero-order valence-electron chi connectivity index (χ0n) is 14.6. The molecular weight excluding hydrogens is 360 g/mol. The number of hydrogen-bond acceptors (Lipinski definition) is 3. The maximum absolute atomic E-state index is 11.5. The third-order valence-corrected chi connectivity index (χ3v) is 10.8. The van der Waals surface area contributed by atoms with Gasteiger partial charge in [0.2, 0.25) is 0 Å². The summed E-state index contributed by atoms with van der Waals surface area (Å²) in [6, 6.07) is 3.63. The highest BCUT2D eigenvalue weighted by Gasteiger charge is 2.47. The summed E-state index contributed by atoms with van der Waals surface area (Å²) in [5, 5.41) is 0. The van der Waals surface area contributed by atoms with Crippen molar-refractivity contribution in [3.63, 3.8) is 0 Å². The number of aldehydes is 1. The number of halogens is 1. The minimum Gasteiger partial charge on any atom is -0.540 e. The molecule has 124 valence electrons. The van der Waals surface area contributed by atoms with Gasteiger partial charge in [0.1, 0.15) is 0 Å². The predicted molar refractivity (Wildman–Crippen MR) is 97.8 cm³/mol. The van der Waals surface area contributed by atoms with Crippen molar-refractivity contribution in [1.82, 2.24) is 0 Å². The third-order valence-electron chi connectivity index (χ3n) is 4.38. The van der Waals surface area contributed by atoms with E-state index in [1.165, 1.54) is 0 Å². The lowest BCUT2D eigenvalue weighted by molar-refractivity contribution is 0.112. The molecule has 1 aromatic rings. The first-order valence-electron chi connectivity index (χ1n) is 7.72. The summed E-state index contributed by atoms with van der Waals surface area (Å²) in [5.74, 6) is 1.19. The Balaban J connectivity index is 3.50. The monoisotopic (exact) mass is 386 g/mol. The van der Waals surface area contributed by atoms with Gasteiger partial charge < -0.3 is 9.16 Å². The van der Waals surface area contributed by atoms with E-state index in [1.807, 2.05) is 6.07 Å². The zero-order valence-corrected chi connectivity index (χ0v) is 17.2. The second-order valence-electron chi connectivity index (χ2n) is 6.56. The molecule has 0 aliphatic carbocycles. The van der Waals surface area contributed by atoms with Gasteiger partial charge in [0.25, 0.3) is 8.32 Å². The highest BCUT2D eigenvalue weighted by atomic mass is 79.9. The molecule has 0 radical (unpaired) electrons. The van der Waals surface area contributed by atoms with Crippen LogP contribution >= 0.6 is 15.9 Å². The van der Waals surface area contributed by atoms with Crippen molar-refractivity contribution < 1.29 is 14.0 Å². The van der Waals surface area contributed by atoms with Crippen molar-refractivity contribution in [1.29, 1.82) is 0 Å². The number of benzene rings is 1. The average molecular weight is 387 g/mol. The molecule has 0 aliphatic heterocycles. The summed E-state index contributed by atoms with van der Waals surface area (Å²) >= 11 is 3.41. The van der Waals surface area contributed by atoms with Crippen LogP contribution in [0.3, 0.4) is 0 Å². The van der Waals surface area contributed by atoms with Gasteiger partial charge in [0.15, 0.2) is 17.8 Å². The Morgan fingerprint density at radius 2 is 1.55 bits per heavy atom. The van der Waals surface area contributed by atoms with Crippen LogP contribution in [0.25, 0.3) is 0 Å². The van der Waals surface area contributed by atoms with Crippen molar-refractivity contribution >= 4 is 30.5 Å². The van der Waals surface area contributed by atoms with Crippen molar-refractivity contribution in [3.05, 3.63) is 22.2 Å². The number of carbonyl (C=O) groups is 1. The van der Waals surface area contributed by atoms with E-state index in [0.717, 1.165) is 10.8 Å². The number of carbonyl (C=O) groups excluding carboxylic acids is 1. The molecule has 0 unspecified atom stereocenters. The first kappa shape index (κ1) is 19.2. The van der Waals surface area contributed by atoms with Gasteiger partial charge in [-0.15, -0.1) is 0 Å². The van der Waals surface area contributed by atoms with Crippen LogP contribution in [0, 0.1) is 0 Å². The highest BCUT2D eigenvalue weighted by molar-refractivity contribution is 9.10. The number of methoxy groups -OCH3 is 1. The third kappa shape index (κ3) is 3.57. The molecule has 1 aromatic carbocycles. The zero-order chi connectivity index (χ0) is 17.1. The molecule has 5 heteroatoms. The van der Waals surface area contributed by atoms with E-state index in [2.05, 4.69) is 57.5 Å². The lowest BCUT2D eigenvalue weighted by Crippen LogP contribution is -2.51. The normalized spacial score (nSPS) is 12.1. The molecule has 0 heterocycles. The topological polar surface area (TPSA) is 35.5 Å². The largest absolute Gasteiger partial charge is 0.540 e. The predicted octanol–water partition coefficient (Wildman–Crippen LogP) is 5.82. The number of ether oxygens (including phenoxy) is 1. The van der Waals surface area contributed by atoms with Crippen LogP contribution in [-0.2, 0) is 0 Å². The van der Waals surface area contributed by atoms with Gasteiger partial charge in [0, 0.05) is 4.47 Å². The van der Waals surface area contributed by atoms with E-state index < -0.39 is 8.32 Å². The Morgan fingerprint density at radius 3 is 1.91 bits per heavy atom. The molecule has 22 heavy (non-hydrogen) atoms. The fourth-order valence-corrected chi connectivity index (χ4v) is 9.20. The number of rotatable bonds is 7. The van der Waals surface area contributed by atoms with E-state index in [0.29, 0.717) is 33.7 Å².